The van der Waals surface area contributed by atoms with Gasteiger partial charge in [-0.05, 0) is 19.3 Å². The Balaban J connectivity index is 1.96. The van der Waals surface area contributed by atoms with Gasteiger partial charge in [-0.25, -0.2) is 15.0 Å². The summed E-state index contributed by atoms with van der Waals surface area (Å²) in [5.41, 5.74) is 7.36. The van der Waals surface area contributed by atoms with Crippen LogP contribution in [-0.4, -0.2) is 32.0 Å². The van der Waals surface area contributed by atoms with Crippen LogP contribution in [-0.2, 0) is 0 Å². The van der Waals surface area contributed by atoms with Gasteiger partial charge in [-0.15, -0.1) is 0 Å². The van der Waals surface area contributed by atoms with Crippen molar-refractivity contribution >= 4 is 17.0 Å². The summed E-state index contributed by atoms with van der Waals surface area (Å²) in [6.45, 7) is 0.632. The lowest BCUT2D eigenvalue weighted by atomic mass is 9.77. The van der Waals surface area contributed by atoms with Crippen LogP contribution in [0.3, 0.4) is 0 Å². The minimum Gasteiger partial charge on any atom is -0.361 e. The maximum Gasteiger partial charge on any atom is 0.182 e. The molecule has 0 spiro atoms. The number of H-pyrrole nitrogens is 1. The summed E-state index contributed by atoms with van der Waals surface area (Å²) in [5.74, 6) is 0.799. The number of aromatic amines is 1. The van der Waals surface area contributed by atoms with Gasteiger partial charge in [-0.2, -0.15) is 0 Å². The smallest absolute Gasteiger partial charge is 0.182 e. The third-order valence-electron chi connectivity index (χ3n) is 3.31. The monoisotopic (exact) mass is 218 g/mol. The Labute approximate surface area is 92.7 Å². The maximum atomic E-state index is 5.80. The first-order valence-corrected chi connectivity index (χ1v) is 5.45. The van der Waals surface area contributed by atoms with Gasteiger partial charge < -0.3 is 16.0 Å². The second-order valence-electron chi connectivity index (χ2n) is 4.29. The lowest BCUT2D eigenvalue weighted by Crippen LogP contribution is -2.51. The molecule has 0 aliphatic heterocycles. The van der Waals surface area contributed by atoms with Crippen molar-refractivity contribution in [3.63, 3.8) is 0 Å². The van der Waals surface area contributed by atoms with Crippen molar-refractivity contribution in [2.45, 2.75) is 24.8 Å². The summed E-state index contributed by atoms with van der Waals surface area (Å²) in [6.07, 6.45) is 6.57. The Hall–Kier alpha value is -1.69. The summed E-state index contributed by atoms with van der Waals surface area (Å²) in [6, 6.07) is 0. The average Bonchev–Trinajstić information content (AvgIpc) is 2.72. The predicted molar refractivity (Wildman–Crippen MR) is 60.9 cm³/mol. The van der Waals surface area contributed by atoms with Crippen molar-refractivity contribution < 1.29 is 0 Å². The molecular weight excluding hydrogens is 204 g/mol. The average molecular weight is 218 g/mol. The highest BCUT2D eigenvalue weighted by Crippen LogP contribution is 2.34. The first-order chi connectivity index (χ1) is 7.83. The highest BCUT2D eigenvalue weighted by atomic mass is 15.1. The zero-order valence-electron chi connectivity index (χ0n) is 8.90. The van der Waals surface area contributed by atoms with E-state index in [-0.39, 0.29) is 5.54 Å². The molecule has 0 amide bonds. The molecule has 0 bridgehead atoms. The van der Waals surface area contributed by atoms with Crippen molar-refractivity contribution in [2.75, 3.05) is 11.9 Å². The highest BCUT2D eigenvalue weighted by Gasteiger charge is 2.36. The van der Waals surface area contributed by atoms with Crippen molar-refractivity contribution in [3.05, 3.63) is 12.7 Å². The van der Waals surface area contributed by atoms with Gasteiger partial charge in [0.15, 0.2) is 11.5 Å². The second-order valence-corrected chi connectivity index (χ2v) is 4.29. The highest BCUT2D eigenvalue weighted by molar-refractivity contribution is 5.82. The number of nitrogens with one attached hydrogen (secondary N) is 2. The molecule has 1 aliphatic carbocycles. The summed E-state index contributed by atoms with van der Waals surface area (Å²) in [7, 11) is 0. The van der Waals surface area contributed by atoms with Crippen molar-refractivity contribution in [3.8, 4) is 0 Å². The van der Waals surface area contributed by atoms with Crippen LogP contribution in [0.25, 0.3) is 11.2 Å². The fourth-order valence-corrected chi connectivity index (χ4v) is 2.09. The first-order valence-electron chi connectivity index (χ1n) is 5.45. The molecule has 1 aliphatic rings. The van der Waals surface area contributed by atoms with Crippen LogP contribution in [0.5, 0.6) is 0 Å². The molecule has 1 saturated carbocycles. The molecule has 0 aromatic carbocycles. The van der Waals surface area contributed by atoms with E-state index < -0.39 is 0 Å². The van der Waals surface area contributed by atoms with E-state index in [2.05, 4.69) is 25.3 Å². The molecule has 1 fully saturated rings. The van der Waals surface area contributed by atoms with Gasteiger partial charge in [0.2, 0.25) is 0 Å². The number of fused-ring (bicyclic) bond motifs is 1. The Morgan fingerprint density at radius 3 is 2.94 bits per heavy atom. The largest absolute Gasteiger partial charge is 0.361 e. The Morgan fingerprint density at radius 1 is 1.38 bits per heavy atom. The van der Waals surface area contributed by atoms with Gasteiger partial charge in [0.05, 0.1) is 11.9 Å². The molecule has 16 heavy (non-hydrogen) atoms. The summed E-state index contributed by atoms with van der Waals surface area (Å²) < 4.78 is 0. The molecule has 0 atom stereocenters. The predicted octanol–water partition coefficient (Wildman–Crippen LogP) is 0.646. The molecule has 2 aromatic rings. The van der Waals surface area contributed by atoms with Crippen LogP contribution in [0.2, 0.25) is 0 Å². The summed E-state index contributed by atoms with van der Waals surface area (Å²) in [4.78, 5) is 15.5. The van der Waals surface area contributed by atoms with E-state index in [0.29, 0.717) is 12.2 Å². The summed E-state index contributed by atoms with van der Waals surface area (Å²) in [5, 5.41) is 3.42. The molecule has 0 saturated heterocycles. The van der Waals surface area contributed by atoms with Crippen LogP contribution < -0.4 is 11.1 Å². The maximum absolute atomic E-state index is 5.80. The van der Waals surface area contributed by atoms with Gasteiger partial charge in [0.1, 0.15) is 11.8 Å². The zero-order chi connectivity index (χ0) is 11.0. The standard InChI is InChI=1S/C10H14N6/c11-4-10(2-1-3-10)16-9-7-8(13-5-12-7)14-6-15-9/h5-6H,1-4,11H2,(H2,12,13,14,15,16). The molecule has 0 radical (unpaired) electrons. The van der Waals surface area contributed by atoms with Crippen molar-refractivity contribution in [1.29, 1.82) is 0 Å². The zero-order valence-corrected chi connectivity index (χ0v) is 8.90. The van der Waals surface area contributed by atoms with Crippen molar-refractivity contribution in [2.24, 2.45) is 5.73 Å². The van der Waals surface area contributed by atoms with E-state index in [9.17, 15) is 0 Å². The first kappa shape index (κ1) is 9.53. The van der Waals surface area contributed by atoms with E-state index in [4.69, 9.17) is 5.73 Å². The van der Waals surface area contributed by atoms with Crippen LogP contribution in [0.1, 0.15) is 19.3 Å². The number of nitrogens with two attached hydrogens (primary N) is 1. The topological polar surface area (TPSA) is 92.5 Å². The molecule has 2 aromatic heterocycles. The van der Waals surface area contributed by atoms with Gasteiger partial charge in [-0.3, -0.25) is 0 Å². The number of imidazole rings is 1. The third-order valence-corrected chi connectivity index (χ3v) is 3.31. The van der Waals surface area contributed by atoms with E-state index >= 15 is 0 Å². The van der Waals surface area contributed by atoms with E-state index in [1.807, 2.05) is 0 Å². The minimum absolute atomic E-state index is 0.0202. The molecule has 3 rings (SSSR count). The molecular formula is C10H14N6. The van der Waals surface area contributed by atoms with Gasteiger partial charge >= 0.3 is 0 Å². The van der Waals surface area contributed by atoms with Gasteiger partial charge in [-0.1, -0.05) is 0 Å². The van der Waals surface area contributed by atoms with E-state index in [1.54, 1.807) is 6.33 Å². The number of aromatic nitrogens is 4. The second kappa shape index (κ2) is 3.41. The lowest BCUT2D eigenvalue weighted by Gasteiger charge is -2.42. The Morgan fingerprint density at radius 2 is 2.25 bits per heavy atom. The molecule has 2 heterocycles. The van der Waals surface area contributed by atoms with Crippen LogP contribution >= 0.6 is 0 Å². The molecule has 84 valence electrons. The normalized spacial score (nSPS) is 18.3. The van der Waals surface area contributed by atoms with E-state index in [0.717, 1.165) is 24.2 Å². The Bertz CT molecular complexity index is 495. The summed E-state index contributed by atoms with van der Waals surface area (Å²) >= 11 is 0. The SMILES string of the molecule is NCC1(Nc2ncnc3nc[nH]c23)CCC1. The number of anilines is 1. The Kier molecular flexibility index (Phi) is 2.03. The molecule has 6 heteroatoms. The molecule has 6 nitrogen and oxygen atoms in total. The number of nitrogens with zero attached hydrogens (tertiary/aromatic N) is 3. The number of hydrogen-bond acceptors (Lipinski definition) is 5. The quantitative estimate of drug-likeness (QED) is 0.703. The van der Waals surface area contributed by atoms with Crippen LogP contribution in [0.4, 0.5) is 5.82 Å². The fraction of sp³-hybridized carbons (Fsp3) is 0.500. The molecule has 4 N–H and O–H groups in total. The third kappa shape index (κ3) is 1.34. The van der Waals surface area contributed by atoms with Crippen molar-refractivity contribution in [1.82, 2.24) is 19.9 Å². The van der Waals surface area contributed by atoms with E-state index in [1.165, 1.54) is 12.7 Å². The minimum atomic E-state index is 0.0202. The number of hydrogen-bond donors (Lipinski definition) is 3. The van der Waals surface area contributed by atoms with Gasteiger partial charge in [0.25, 0.3) is 0 Å². The molecule has 0 unspecified atom stereocenters. The lowest BCUT2D eigenvalue weighted by molar-refractivity contribution is 0.287. The fourth-order valence-electron chi connectivity index (χ4n) is 2.09. The van der Waals surface area contributed by atoms with Crippen LogP contribution in [0.15, 0.2) is 12.7 Å². The van der Waals surface area contributed by atoms with Gasteiger partial charge in [0, 0.05) is 6.54 Å². The number of rotatable bonds is 3. The van der Waals surface area contributed by atoms with Crippen LogP contribution in [0, 0.1) is 0 Å².